The van der Waals surface area contributed by atoms with Crippen molar-refractivity contribution in [1.82, 2.24) is 5.32 Å². The summed E-state index contributed by atoms with van der Waals surface area (Å²) in [6.45, 7) is 1.49. The molecule has 1 saturated heterocycles. The van der Waals surface area contributed by atoms with Gasteiger partial charge in [0.15, 0.2) is 6.23 Å². The maximum absolute atomic E-state index is 11.6. The third-order valence-corrected chi connectivity index (χ3v) is 2.89. The van der Waals surface area contributed by atoms with Crippen LogP contribution in [0.2, 0.25) is 0 Å². The number of β-lactam (4-membered cyclic amide) rings is 1. The highest BCUT2D eigenvalue weighted by Crippen LogP contribution is 2.20. The summed E-state index contributed by atoms with van der Waals surface area (Å²) in [6, 6.07) is 9.31. The van der Waals surface area contributed by atoms with Crippen LogP contribution >= 0.6 is 0 Å². The zero-order valence-electron chi connectivity index (χ0n) is 10.4. The molecule has 1 aromatic carbocycles. The van der Waals surface area contributed by atoms with Crippen molar-refractivity contribution in [3.8, 4) is 0 Å². The largest absolute Gasteiger partial charge is 0.438 e. The molecule has 1 aliphatic rings. The number of benzene rings is 1. The van der Waals surface area contributed by atoms with Crippen molar-refractivity contribution in [3.05, 3.63) is 42.0 Å². The number of carbonyl (C=O) groups is 2. The normalized spacial score (nSPS) is 23.6. The second-order valence-electron chi connectivity index (χ2n) is 4.38. The Labute approximate surface area is 110 Å². The fraction of sp³-hybridized carbons (Fsp3) is 0.286. The molecule has 0 spiro atoms. The minimum Gasteiger partial charge on any atom is -0.438 e. The van der Waals surface area contributed by atoms with Crippen molar-refractivity contribution in [2.75, 3.05) is 0 Å². The number of hydrogen-bond donors (Lipinski definition) is 2. The number of aliphatic hydroxyl groups is 1. The van der Waals surface area contributed by atoms with E-state index >= 15 is 0 Å². The highest BCUT2D eigenvalue weighted by atomic mass is 16.6. The molecule has 19 heavy (non-hydrogen) atoms. The van der Waals surface area contributed by atoms with Gasteiger partial charge in [-0.2, -0.15) is 0 Å². The lowest BCUT2D eigenvalue weighted by Crippen LogP contribution is -2.63. The molecule has 2 rings (SSSR count). The van der Waals surface area contributed by atoms with E-state index in [0.717, 1.165) is 5.56 Å². The summed E-state index contributed by atoms with van der Waals surface area (Å²) in [4.78, 5) is 22.7. The van der Waals surface area contributed by atoms with E-state index in [4.69, 9.17) is 4.74 Å². The molecule has 3 atom stereocenters. The number of amides is 1. The van der Waals surface area contributed by atoms with Crippen LogP contribution in [0.15, 0.2) is 36.4 Å². The SMILES string of the molecule is CC(O)C1C(=O)NC1OC(=O)/C=C/c1ccccc1. The molecule has 2 N–H and O–H groups in total. The van der Waals surface area contributed by atoms with Crippen LogP contribution in [0, 0.1) is 5.92 Å². The number of ether oxygens (including phenoxy) is 1. The van der Waals surface area contributed by atoms with E-state index in [2.05, 4.69) is 5.32 Å². The van der Waals surface area contributed by atoms with Gasteiger partial charge in [-0.25, -0.2) is 4.79 Å². The van der Waals surface area contributed by atoms with Crippen molar-refractivity contribution in [2.24, 2.45) is 5.92 Å². The summed E-state index contributed by atoms with van der Waals surface area (Å²) in [5.74, 6) is -1.55. The Bertz CT molecular complexity index is 495. The monoisotopic (exact) mass is 261 g/mol. The second kappa shape index (κ2) is 5.67. The number of esters is 1. The van der Waals surface area contributed by atoms with Gasteiger partial charge in [-0.3, -0.25) is 4.79 Å². The van der Waals surface area contributed by atoms with Crippen LogP contribution < -0.4 is 5.32 Å². The number of hydrogen-bond acceptors (Lipinski definition) is 4. The first-order valence-corrected chi connectivity index (χ1v) is 6.00. The molecular formula is C14H15NO4. The summed E-state index contributed by atoms with van der Waals surface area (Å²) >= 11 is 0. The zero-order valence-corrected chi connectivity index (χ0v) is 10.4. The van der Waals surface area contributed by atoms with E-state index in [0.29, 0.717) is 0 Å². The van der Waals surface area contributed by atoms with Crippen molar-refractivity contribution in [1.29, 1.82) is 0 Å². The minimum absolute atomic E-state index is 0.306. The molecule has 1 amide bonds. The predicted molar refractivity (Wildman–Crippen MR) is 68.7 cm³/mol. The van der Waals surface area contributed by atoms with Crippen molar-refractivity contribution >= 4 is 18.0 Å². The second-order valence-corrected chi connectivity index (χ2v) is 4.38. The van der Waals surface area contributed by atoms with E-state index in [9.17, 15) is 14.7 Å². The molecule has 3 unspecified atom stereocenters. The first kappa shape index (κ1) is 13.3. The molecule has 0 saturated carbocycles. The molecule has 0 aliphatic carbocycles. The highest BCUT2D eigenvalue weighted by Gasteiger charge is 2.44. The Hall–Kier alpha value is -2.14. The van der Waals surface area contributed by atoms with Gasteiger partial charge >= 0.3 is 5.97 Å². The third kappa shape index (κ3) is 3.20. The maximum Gasteiger partial charge on any atom is 0.332 e. The lowest BCUT2D eigenvalue weighted by atomic mass is 9.93. The fourth-order valence-electron chi connectivity index (χ4n) is 1.84. The number of rotatable bonds is 4. The van der Waals surface area contributed by atoms with E-state index in [1.807, 2.05) is 30.3 Å². The molecule has 1 fully saturated rings. The van der Waals surface area contributed by atoms with Crippen molar-refractivity contribution < 1.29 is 19.4 Å². The Balaban J connectivity index is 1.89. The molecular weight excluding hydrogens is 246 g/mol. The molecule has 5 heteroatoms. The smallest absolute Gasteiger partial charge is 0.332 e. The molecule has 0 radical (unpaired) electrons. The van der Waals surface area contributed by atoms with Crippen LogP contribution in [0.5, 0.6) is 0 Å². The van der Waals surface area contributed by atoms with Gasteiger partial charge in [0.1, 0.15) is 5.92 Å². The van der Waals surface area contributed by atoms with Gasteiger partial charge in [0, 0.05) is 6.08 Å². The number of carbonyl (C=O) groups excluding carboxylic acids is 2. The molecule has 0 bridgehead atoms. The van der Waals surface area contributed by atoms with E-state index in [1.165, 1.54) is 13.0 Å². The van der Waals surface area contributed by atoms with Crippen molar-refractivity contribution in [2.45, 2.75) is 19.3 Å². The van der Waals surface area contributed by atoms with Gasteiger partial charge in [0.2, 0.25) is 5.91 Å². The maximum atomic E-state index is 11.6. The Morgan fingerprint density at radius 3 is 2.68 bits per heavy atom. The van der Waals surface area contributed by atoms with Crippen LogP contribution in [0.4, 0.5) is 0 Å². The summed E-state index contributed by atoms with van der Waals surface area (Å²) in [7, 11) is 0. The number of aliphatic hydroxyl groups excluding tert-OH is 1. The predicted octanol–water partition coefficient (Wildman–Crippen LogP) is 0.696. The molecule has 0 aromatic heterocycles. The van der Waals surface area contributed by atoms with Crippen LogP contribution in [-0.4, -0.2) is 29.3 Å². The van der Waals surface area contributed by atoms with E-state index in [1.54, 1.807) is 6.08 Å². The fourth-order valence-corrected chi connectivity index (χ4v) is 1.84. The quantitative estimate of drug-likeness (QED) is 0.475. The summed E-state index contributed by atoms with van der Waals surface area (Å²) in [6.07, 6.45) is 1.32. The molecule has 5 nitrogen and oxygen atoms in total. The standard InChI is InChI=1S/C14H15NO4/c1-9(16)12-13(18)15-14(12)19-11(17)8-7-10-5-3-2-4-6-10/h2-9,12,14,16H,1H3,(H,15,18)/b8-7+. The van der Waals surface area contributed by atoms with Crippen LogP contribution in [0.25, 0.3) is 6.08 Å². The Morgan fingerprint density at radius 2 is 2.11 bits per heavy atom. The zero-order chi connectivity index (χ0) is 13.8. The highest BCUT2D eigenvalue weighted by molar-refractivity contribution is 5.90. The lowest BCUT2D eigenvalue weighted by Gasteiger charge is -2.36. The van der Waals surface area contributed by atoms with Gasteiger partial charge in [-0.1, -0.05) is 30.3 Å². The van der Waals surface area contributed by atoms with Crippen LogP contribution in [0.1, 0.15) is 12.5 Å². The first-order valence-electron chi connectivity index (χ1n) is 6.00. The average Bonchev–Trinajstić information content (AvgIpc) is 2.36. The first-order chi connectivity index (χ1) is 9.08. The van der Waals surface area contributed by atoms with Crippen LogP contribution in [0.3, 0.4) is 0 Å². The number of nitrogens with one attached hydrogen (secondary N) is 1. The molecule has 1 heterocycles. The van der Waals surface area contributed by atoms with E-state index in [-0.39, 0.29) is 5.91 Å². The summed E-state index contributed by atoms with van der Waals surface area (Å²) < 4.78 is 5.03. The average molecular weight is 261 g/mol. The molecule has 100 valence electrons. The Kier molecular flexibility index (Phi) is 3.97. The molecule has 1 aliphatic heterocycles. The minimum atomic E-state index is -0.843. The van der Waals surface area contributed by atoms with Crippen molar-refractivity contribution in [3.63, 3.8) is 0 Å². The Morgan fingerprint density at radius 1 is 1.42 bits per heavy atom. The van der Waals surface area contributed by atoms with Gasteiger partial charge in [0.25, 0.3) is 0 Å². The van der Waals surface area contributed by atoms with Gasteiger partial charge in [0.05, 0.1) is 6.10 Å². The summed E-state index contributed by atoms with van der Waals surface area (Å²) in [5, 5.41) is 11.8. The van der Waals surface area contributed by atoms with E-state index < -0.39 is 24.2 Å². The topological polar surface area (TPSA) is 75.6 Å². The van der Waals surface area contributed by atoms with Gasteiger partial charge < -0.3 is 15.2 Å². The van der Waals surface area contributed by atoms with Crippen LogP contribution in [-0.2, 0) is 14.3 Å². The van der Waals surface area contributed by atoms with Gasteiger partial charge in [-0.05, 0) is 18.6 Å². The summed E-state index contributed by atoms with van der Waals surface area (Å²) in [5.41, 5.74) is 0.879. The van der Waals surface area contributed by atoms with Gasteiger partial charge in [-0.15, -0.1) is 0 Å². The molecule has 1 aromatic rings. The third-order valence-electron chi connectivity index (χ3n) is 2.89. The lowest BCUT2D eigenvalue weighted by molar-refractivity contribution is -0.171.